The number of aliphatic carboxylic acids is 1. The van der Waals surface area contributed by atoms with Gasteiger partial charge in [-0.1, -0.05) is 29.8 Å². The van der Waals surface area contributed by atoms with Gasteiger partial charge in [0.15, 0.2) is 0 Å². The third kappa shape index (κ3) is 7.48. The maximum atomic E-state index is 15.9. The fraction of sp³-hybridized carbons (Fsp3) is 0.286. The standard InChI is InChI=1S/C35H26ClF8N3O5/c36-25-5-2-6-27-30(25)19-10-22(31(38)24(11-19)35(42,43)44)26(13-29(49)50)45-33(51)32(17-3-1-4-21(9-17)52-27)47-14-18(7-8-46-15-20(37)16-46)23(12-28(47)48)34(39,40)41/h1-6,9-12,14,20,26,32H,7-8,13,15-16H2,(H,45,51)(H,49,50)/t26-,32-/m0/s1. The van der Waals surface area contributed by atoms with Crippen molar-refractivity contribution in [2.24, 2.45) is 0 Å². The number of rotatable bonds is 6. The van der Waals surface area contributed by atoms with Crippen LogP contribution in [0, 0.1) is 5.82 Å². The van der Waals surface area contributed by atoms with E-state index in [9.17, 15) is 50.2 Å². The Kier molecular flexibility index (Phi) is 9.83. The van der Waals surface area contributed by atoms with E-state index in [1.54, 1.807) is 4.90 Å². The van der Waals surface area contributed by atoms with Gasteiger partial charge in [-0.15, -0.1) is 0 Å². The van der Waals surface area contributed by atoms with Gasteiger partial charge in [0.25, 0.3) is 5.56 Å². The van der Waals surface area contributed by atoms with E-state index in [-0.39, 0.29) is 65.3 Å². The lowest BCUT2D eigenvalue weighted by Crippen LogP contribution is -2.49. The van der Waals surface area contributed by atoms with Crippen LogP contribution in [-0.4, -0.2) is 52.3 Å². The Morgan fingerprint density at radius 3 is 2.31 bits per heavy atom. The summed E-state index contributed by atoms with van der Waals surface area (Å²) in [5, 5.41) is 11.9. The van der Waals surface area contributed by atoms with Crippen LogP contribution in [0.25, 0.3) is 11.1 Å². The first-order chi connectivity index (χ1) is 24.4. The Hall–Kier alpha value is -4.96. The Labute approximate surface area is 294 Å². The van der Waals surface area contributed by atoms with E-state index in [4.69, 9.17) is 16.3 Å². The summed E-state index contributed by atoms with van der Waals surface area (Å²) >= 11 is 6.44. The van der Waals surface area contributed by atoms with Crippen LogP contribution in [-0.2, 0) is 28.4 Å². The number of benzene rings is 3. The molecule has 1 aromatic heterocycles. The number of aromatic nitrogens is 1. The van der Waals surface area contributed by atoms with Gasteiger partial charge in [0.2, 0.25) is 5.91 Å². The Balaban J connectivity index is 1.58. The minimum absolute atomic E-state index is 0.00800. The molecule has 3 aromatic carbocycles. The molecule has 0 radical (unpaired) electrons. The van der Waals surface area contributed by atoms with Gasteiger partial charge in [-0.3, -0.25) is 23.9 Å². The highest BCUT2D eigenvalue weighted by Gasteiger charge is 2.40. The molecule has 17 heteroatoms. The number of carboxylic acid groups (broad SMARTS) is 1. The first-order valence-electron chi connectivity index (χ1n) is 15.6. The summed E-state index contributed by atoms with van der Waals surface area (Å²) in [6.07, 6.45) is -12.1. The zero-order chi connectivity index (χ0) is 37.7. The summed E-state index contributed by atoms with van der Waals surface area (Å²) < 4.78 is 121. The number of carbonyl (C=O) groups excluding carboxylic acids is 1. The van der Waals surface area contributed by atoms with Crippen LogP contribution in [0.3, 0.4) is 0 Å². The molecule has 2 atom stereocenters. The van der Waals surface area contributed by atoms with Crippen molar-refractivity contribution in [1.29, 1.82) is 0 Å². The highest BCUT2D eigenvalue weighted by atomic mass is 35.5. The van der Waals surface area contributed by atoms with Crippen molar-refractivity contribution in [2.75, 3.05) is 19.6 Å². The molecule has 4 bridgehead atoms. The summed E-state index contributed by atoms with van der Waals surface area (Å²) in [5.74, 6) is -5.01. The van der Waals surface area contributed by atoms with Crippen molar-refractivity contribution < 1.29 is 54.6 Å². The second kappa shape index (κ2) is 13.9. The SMILES string of the molecule is O=C(O)C[C@@H]1NC(=O)[C@@H](n2cc(CCN3CC(F)C3)c(C(F)(F)F)cc2=O)c2cccc(c2)Oc2cccc(Cl)c2-c2cc1c(F)c(C(F)(F)F)c2. The first kappa shape index (κ1) is 36.8. The van der Waals surface area contributed by atoms with Gasteiger partial charge >= 0.3 is 18.3 Å². The van der Waals surface area contributed by atoms with Gasteiger partial charge in [-0.05, 0) is 59.5 Å². The van der Waals surface area contributed by atoms with E-state index < -0.39 is 82.5 Å². The molecular weight excluding hydrogens is 730 g/mol. The fourth-order valence-corrected chi connectivity index (χ4v) is 6.60. The summed E-state index contributed by atoms with van der Waals surface area (Å²) in [6, 6.07) is 7.14. The molecule has 1 fully saturated rings. The average Bonchev–Trinajstić information content (AvgIpc) is 3.02. The molecule has 274 valence electrons. The smallest absolute Gasteiger partial charge is 0.419 e. The van der Waals surface area contributed by atoms with Crippen molar-refractivity contribution in [2.45, 2.75) is 43.4 Å². The zero-order valence-corrected chi connectivity index (χ0v) is 27.3. The number of fused-ring (bicyclic) bond motifs is 6. The van der Waals surface area contributed by atoms with Crippen LogP contribution in [0.4, 0.5) is 35.1 Å². The number of carboxylic acids is 1. The van der Waals surface area contributed by atoms with E-state index >= 15 is 4.39 Å². The highest BCUT2D eigenvalue weighted by Crippen LogP contribution is 2.44. The predicted octanol–water partition coefficient (Wildman–Crippen LogP) is 7.57. The van der Waals surface area contributed by atoms with Crippen molar-refractivity contribution in [1.82, 2.24) is 14.8 Å². The van der Waals surface area contributed by atoms with Crippen molar-refractivity contribution in [3.63, 3.8) is 0 Å². The van der Waals surface area contributed by atoms with E-state index in [0.29, 0.717) is 10.6 Å². The summed E-state index contributed by atoms with van der Waals surface area (Å²) in [6.45, 7) is -0.0421. The monoisotopic (exact) mass is 755 g/mol. The second-order valence-electron chi connectivity index (χ2n) is 12.3. The molecule has 8 nitrogen and oxygen atoms in total. The number of pyridine rings is 1. The third-order valence-corrected chi connectivity index (χ3v) is 9.06. The summed E-state index contributed by atoms with van der Waals surface area (Å²) in [7, 11) is 0. The molecule has 6 rings (SSSR count). The van der Waals surface area contributed by atoms with Gasteiger partial charge in [0.1, 0.15) is 29.5 Å². The second-order valence-corrected chi connectivity index (χ2v) is 12.7. The number of likely N-dealkylation sites (tertiary alicyclic amines) is 1. The van der Waals surface area contributed by atoms with Crippen LogP contribution in [0.5, 0.6) is 11.5 Å². The normalized spacial score (nSPS) is 18.2. The van der Waals surface area contributed by atoms with Crippen molar-refractivity contribution in [3.05, 3.63) is 116 Å². The topological polar surface area (TPSA) is 101 Å². The number of carbonyl (C=O) groups is 2. The van der Waals surface area contributed by atoms with Gasteiger partial charge < -0.3 is 15.2 Å². The van der Waals surface area contributed by atoms with E-state index in [2.05, 4.69) is 5.32 Å². The minimum Gasteiger partial charge on any atom is -0.481 e. The van der Waals surface area contributed by atoms with Crippen LogP contribution in [0.1, 0.15) is 46.3 Å². The minimum atomic E-state index is -5.32. The largest absolute Gasteiger partial charge is 0.481 e. The Morgan fingerprint density at radius 1 is 0.962 bits per heavy atom. The molecule has 2 aliphatic heterocycles. The average molecular weight is 756 g/mol. The number of hydrogen-bond donors (Lipinski definition) is 2. The lowest BCUT2D eigenvalue weighted by molar-refractivity contribution is -0.140. The lowest BCUT2D eigenvalue weighted by Gasteiger charge is -2.34. The van der Waals surface area contributed by atoms with Gasteiger partial charge in [0.05, 0.1) is 28.6 Å². The molecule has 3 heterocycles. The Morgan fingerprint density at radius 2 is 1.65 bits per heavy atom. The zero-order valence-electron chi connectivity index (χ0n) is 26.5. The number of nitrogens with one attached hydrogen (secondary N) is 1. The Bertz CT molecular complexity index is 2110. The van der Waals surface area contributed by atoms with Crippen LogP contribution in [0.15, 0.2) is 71.7 Å². The van der Waals surface area contributed by atoms with Gasteiger partial charge in [-0.25, -0.2) is 8.78 Å². The van der Waals surface area contributed by atoms with Crippen LogP contribution >= 0.6 is 11.6 Å². The fourth-order valence-electron chi connectivity index (χ4n) is 6.32. The molecule has 52 heavy (non-hydrogen) atoms. The molecule has 0 aliphatic carbocycles. The number of halogens is 9. The van der Waals surface area contributed by atoms with Gasteiger partial charge in [-0.2, -0.15) is 26.3 Å². The van der Waals surface area contributed by atoms with Crippen molar-refractivity contribution >= 4 is 23.5 Å². The molecule has 4 aromatic rings. The number of alkyl halides is 7. The molecule has 0 saturated carbocycles. The molecule has 0 unspecified atom stereocenters. The molecule has 0 spiro atoms. The molecule has 1 saturated heterocycles. The molecular formula is C35H26ClF8N3O5. The quantitative estimate of drug-likeness (QED) is 0.197. The number of nitrogens with zero attached hydrogens (tertiary/aromatic N) is 2. The maximum absolute atomic E-state index is 15.9. The maximum Gasteiger partial charge on any atom is 0.419 e. The molecule has 1 amide bonds. The van der Waals surface area contributed by atoms with E-state index in [1.807, 2.05) is 0 Å². The van der Waals surface area contributed by atoms with Crippen LogP contribution in [0.2, 0.25) is 5.02 Å². The van der Waals surface area contributed by atoms with Crippen LogP contribution < -0.4 is 15.6 Å². The lowest BCUT2D eigenvalue weighted by atomic mass is 9.93. The van der Waals surface area contributed by atoms with Crippen molar-refractivity contribution in [3.8, 4) is 22.6 Å². The number of hydrogen-bond acceptors (Lipinski definition) is 5. The van der Waals surface area contributed by atoms with E-state index in [0.717, 1.165) is 12.3 Å². The highest BCUT2D eigenvalue weighted by molar-refractivity contribution is 6.33. The number of amides is 1. The molecule has 2 aliphatic rings. The predicted molar refractivity (Wildman–Crippen MR) is 170 cm³/mol. The van der Waals surface area contributed by atoms with E-state index in [1.165, 1.54) is 42.5 Å². The number of ether oxygens (including phenoxy) is 1. The van der Waals surface area contributed by atoms with Gasteiger partial charge in [0, 0.05) is 43.0 Å². The third-order valence-electron chi connectivity index (χ3n) is 8.75. The summed E-state index contributed by atoms with van der Waals surface area (Å²) in [4.78, 5) is 41.3. The molecule has 2 N–H and O–H groups in total. The summed E-state index contributed by atoms with van der Waals surface area (Å²) in [5.41, 5.74) is -6.33. The first-order valence-corrected chi connectivity index (χ1v) is 16.0.